The van der Waals surface area contributed by atoms with E-state index in [1.807, 2.05) is 30.3 Å². The molecule has 2 rings (SSSR count). The molecule has 0 saturated heterocycles. The Morgan fingerprint density at radius 3 is 2.48 bits per heavy atom. The highest BCUT2D eigenvalue weighted by Crippen LogP contribution is 2.32. The quantitative estimate of drug-likeness (QED) is 0.815. The van der Waals surface area contributed by atoms with Crippen molar-refractivity contribution in [3.8, 4) is 11.1 Å². The highest BCUT2D eigenvalue weighted by atomic mass is 35.5. The molecule has 110 valence electrons. The van der Waals surface area contributed by atoms with Gasteiger partial charge in [0.2, 0.25) is 0 Å². The number of ether oxygens (including phenoxy) is 1. The summed E-state index contributed by atoms with van der Waals surface area (Å²) < 4.78 is 5.25. The van der Waals surface area contributed by atoms with Crippen LogP contribution in [0.4, 0.5) is 10.5 Å². The van der Waals surface area contributed by atoms with Gasteiger partial charge >= 0.3 is 6.09 Å². The predicted molar refractivity (Wildman–Crippen MR) is 84.5 cm³/mol. The lowest BCUT2D eigenvalue weighted by Gasteiger charge is -2.20. The maximum atomic E-state index is 11.9. The second-order valence-electron chi connectivity index (χ2n) is 5.52. The van der Waals surface area contributed by atoms with Gasteiger partial charge in [0.05, 0.1) is 5.69 Å². The first-order valence-corrected chi connectivity index (χ1v) is 6.94. The lowest BCUT2D eigenvalue weighted by Crippen LogP contribution is -2.27. The molecule has 0 aliphatic rings. The number of pyridine rings is 1. The summed E-state index contributed by atoms with van der Waals surface area (Å²) in [6, 6.07) is 11.4. The molecule has 0 fully saturated rings. The van der Waals surface area contributed by atoms with Gasteiger partial charge in [-0.2, -0.15) is 0 Å². The van der Waals surface area contributed by atoms with Crippen LogP contribution in [-0.2, 0) is 4.74 Å². The monoisotopic (exact) mass is 304 g/mol. The Morgan fingerprint density at radius 2 is 1.86 bits per heavy atom. The Morgan fingerprint density at radius 1 is 1.19 bits per heavy atom. The number of nitrogens with zero attached hydrogens (tertiary/aromatic N) is 1. The van der Waals surface area contributed by atoms with Crippen molar-refractivity contribution < 1.29 is 9.53 Å². The van der Waals surface area contributed by atoms with Crippen molar-refractivity contribution in [1.29, 1.82) is 0 Å². The van der Waals surface area contributed by atoms with Gasteiger partial charge in [-0.05, 0) is 32.4 Å². The van der Waals surface area contributed by atoms with Crippen molar-refractivity contribution in [3.63, 3.8) is 0 Å². The number of hydrogen-bond donors (Lipinski definition) is 1. The Balaban J connectivity index is 2.33. The fourth-order valence-corrected chi connectivity index (χ4v) is 2.02. The number of rotatable bonds is 2. The zero-order chi connectivity index (χ0) is 15.5. The molecule has 0 saturated carbocycles. The summed E-state index contributed by atoms with van der Waals surface area (Å²) in [6.45, 7) is 5.40. The van der Waals surface area contributed by atoms with Crippen molar-refractivity contribution in [2.45, 2.75) is 26.4 Å². The van der Waals surface area contributed by atoms with Crippen LogP contribution in [0.5, 0.6) is 0 Å². The molecule has 0 bridgehead atoms. The highest BCUT2D eigenvalue weighted by molar-refractivity contribution is 6.33. The molecule has 0 aliphatic heterocycles. The lowest BCUT2D eigenvalue weighted by molar-refractivity contribution is 0.0636. The molecule has 5 heteroatoms. The number of nitrogens with one attached hydrogen (secondary N) is 1. The van der Waals surface area contributed by atoms with E-state index in [2.05, 4.69) is 10.3 Å². The van der Waals surface area contributed by atoms with Crippen LogP contribution in [-0.4, -0.2) is 16.7 Å². The molecule has 1 aromatic heterocycles. The van der Waals surface area contributed by atoms with E-state index >= 15 is 0 Å². The van der Waals surface area contributed by atoms with Gasteiger partial charge in [0.15, 0.2) is 5.15 Å². The molecule has 2 aromatic rings. The van der Waals surface area contributed by atoms with Gasteiger partial charge in [-0.1, -0.05) is 41.9 Å². The zero-order valence-corrected chi connectivity index (χ0v) is 12.9. The van der Waals surface area contributed by atoms with Crippen molar-refractivity contribution in [1.82, 2.24) is 4.98 Å². The second kappa shape index (κ2) is 6.14. The van der Waals surface area contributed by atoms with Crippen molar-refractivity contribution >= 4 is 23.4 Å². The first-order chi connectivity index (χ1) is 9.87. The van der Waals surface area contributed by atoms with Gasteiger partial charge in [0, 0.05) is 11.8 Å². The van der Waals surface area contributed by atoms with Crippen molar-refractivity contribution in [2.24, 2.45) is 0 Å². The summed E-state index contributed by atoms with van der Waals surface area (Å²) in [5.41, 5.74) is 1.60. The minimum Gasteiger partial charge on any atom is -0.444 e. The summed E-state index contributed by atoms with van der Waals surface area (Å²) in [6.07, 6.45) is 1.04. The molecule has 1 N–H and O–H groups in total. The number of aromatic nitrogens is 1. The van der Waals surface area contributed by atoms with Gasteiger partial charge in [0.1, 0.15) is 5.60 Å². The van der Waals surface area contributed by atoms with E-state index in [-0.39, 0.29) is 5.15 Å². The van der Waals surface area contributed by atoms with E-state index in [1.165, 1.54) is 0 Å². The van der Waals surface area contributed by atoms with E-state index < -0.39 is 11.7 Å². The van der Waals surface area contributed by atoms with E-state index in [0.29, 0.717) is 5.69 Å². The van der Waals surface area contributed by atoms with Crippen LogP contribution in [0, 0.1) is 0 Å². The number of benzene rings is 1. The maximum absolute atomic E-state index is 11.9. The molecule has 1 amide bonds. The van der Waals surface area contributed by atoms with Crippen LogP contribution in [0.25, 0.3) is 11.1 Å². The zero-order valence-electron chi connectivity index (χ0n) is 12.2. The molecule has 1 heterocycles. The molecule has 0 radical (unpaired) electrons. The number of anilines is 1. The first-order valence-electron chi connectivity index (χ1n) is 6.57. The summed E-state index contributed by atoms with van der Waals surface area (Å²) >= 11 is 6.11. The van der Waals surface area contributed by atoms with E-state index in [9.17, 15) is 4.79 Å². The Labute approximate surface area is 129 Å². The number of halogens is 1. The molecule has 21 heavy (non-hydrogen) atoms. The van der Waals surface area contributed by atoms with Crippen molar-refractivity contribution in [2.75, 3.05) is 5.32 Å². The number of carbonyl (C=O) groups excluding carboxylic acids is 1. The number of hydrogen-bond acceptors (Lipinski definition) is 3. The third kappa shape index (κ3) is 4.20. The van der Waals surface area contributed by atoms with Crippen LogP contribution in [0.1, 0.15) is 20.8 Å². The standard InChI is InChI=1S/C16H17ClN2O2/c1-16(2,3)21-15(20)19-13-12(9-10-18-14(13)17)11-7-5-4-6-8-11/h4-10H,1-3H3,(H,19,20). The summed E-state index contributed by atoms with van der Waals surface area (Å²) in [5, 5.41) is 2.90. The van der Waals surface area contributed by atoms with Gasteiger partial charge in [-0.25, -0.2) is 9.78 Å². The van der Waals surface area contributed by atoms with Crippen LogP contribution in [0.2, 0.25) is 5.15 Å². The summed E-state index contributed by atoms with van der Waals surface area (Å²) in [5.74, 6) is 0. The van der Waals surface area contributed by atoms with Crippen LogP contribution >= 0.6 is 11.6 Å². The number of amides is 1. The molecular formula is C16H17ClN2O2. The molecule has 0 unspecified atom stereocenters. The van der Waals surface area contributed by atoms with Gasteiger partial charge in [-0.15, -0.1) is 0 Å². The van der Waals surface area contributed by atoms with E-state index in [4.69, 9.17) is 16.3 Å². The fraction of sp³-hybridized carbons (Fsp3) is 0.250. The third-order valence-corrected chi connectivity index (χ3v) is 2.90. The average Bonchev–Trinajstić information content (AvgIpc) is 2.40. The normalized spacial score (nSPS) is 11.0. The highest BCUT2D eigenvalue weighted by Gasteiger charge is 2.19. The summed E-state index contributed by atoms with van der Waals surface area (Å²) in [4.78, 5) is 16.0. The van der Waals surface area contributed by atoms with Crippen molar-refractivity contribution in [3.05, 3.63) is 47.7 Å². The molecule has 0 atom stereocenters. The first kappa shape index (κ1) is 15.3. The number of carbonyl (C=O) groups is 1. The van der Waals surface area contributed by atoms with Crippen LogP contribution in [0.3, 0.4) is 0 Å². The molecule has 1 aromatic carbocycles. The minimum atomic E-state index is -0.578. The largest absolute Gasteiger partial charge is 0.444 e. The third-order valence-electron chi connectivity index (χ3n) is 2.62. The fourth-order valence-electron chi connectivity index (χ4n) is 1.82. The van der Waals surface area contributed by atoms with Gasteiger partial charge in [-0.3, -0.25) is 5.32 Å². The van der Waals surface area contributed by atoms with E-state index in [1.54, 1.807) is 33.0 Å². The molecule has 0 aliphatic carbocycles. The average molecular weight is 305 g/mol. The molecule has 0 spiro atoms. The van der Waals surface area contributed by atoms with Gasteiger partial charge in [0.25, 0.3) is 0 Å². The topological polar surface area (TPSA) is 51.2 Å². The molecular weight excluding hydrogens is 288 g/mol. The predicted octanol–water partition coefficient (Wildman–Crippen LogP) is 4.75. The van der Waals surface area contributed by atoms with Gasteiger partial charge < -0.3 is 4.74 Å². The maximum Gasteiger partial charge on any atom is 0.412 e. The van der Waals surface area contributed by atoms with Crippen LogP contribution < -0.4 is 5.32 Å². The smallest absolute Gasteiger partial charge is 0.412 e. The van der Waals surface area contributed by atoms with E-state index in [0.717, 1.165) is 11.1 Å². The Bertz CT molecular complexity index is 636. The SMILES string of the molecule is CC(C)(C)OC(=O)Nc1c(-c2ccccc2)ccnc1Cl. The second-order valence-corrected chi connectivity index (χ2v) is 5.88. The Kier molecular flexibility index (Phi) is 4.48. The molecule has 4 nitrogen and oxygen atoms in total. The minimum absolute atomic E-state index is 0.224. The Hall–Kier alpha value is -2.07. The lowest BCUT2D eigenvalue weighted by atomic mass is 10.1. The summed E-state index contributed by atoms with van der Waals surface area (Å²) in [7, 11) is 0. The van der Waals surface area contributed by atoms with Crippen LogP contribution in [0.15, 0.2) is 42.6 Å².